The van der Waals surface area contributed by atoms with Crippen molar-refractivity contribution < 1.29 is 19.1 Å². The zero-order valence-corrected chi connectivity index (χ0v) is 18.8. The Kier molecular flexibility index (Phi) is 6.79. The number of hydrogen-bond acceptors (Lipinski definition) is 6. The van der Waals surface area contributed by atoms with Crippen molar-refractivity contribution in [2.45, 2.75) is 13.8 Å². The van der Waals surface area contributed by atoms with Gasteiger partial charge in [-0.1, -0.05) is 36.1 Å². The first-order chi connectivity index (χ1) is 14.3. The molecule has 0 radical (unpaired) electrons. The first-order valence-electron chi connectivity index (χ1n) is 9.17. The van der Waals surface area contributed by atoms with Gasteiger partial charge in [0.25, 0.3) is 5.91 Å². The number of benzene rings is 2. The van der Waals surface area contributed by atoms with Crippen LogP contribution in [0.5, 0.6) is 11.5 Å². The highest BCUT2D eigenvalue weighted by Gasteiger charge is 2.33. The van der Waals surface area contributed by atoms with Crippen molar-refractivity contribution in [3.05, 3.63) is 58.0 Å². The number of ether oxygens (including phenoxy) is 2. The Morgan fingerprint density at radius 2 is 1.83 bits per heavy atom. The summed E-state index contributed by atoms with van der Waals surface area (Å²) in [6.45, 7) is 3.85. The Labute approximate surface area is 185 Å². The fourth-order valence-electron chi connectivity index (χ4n) is 2.89. The molecule has 8 heteroatoms. The van der Waals surface area contributed by atoms with Crippen molar-refractivity contribution in [3.8, 4) is 11.5 Å². The molecule has 1 aliphatic rings. The molecule has 1 saturated heterocycles. The molecule has 0 aromatic heterocycles. The molecule has 0 aliphatic carbocycles. The van der Waals surface area contributed by atoms with Crippen LogP contribution in [-0.2, 0) is 9.59 Å². The molecule has 2 aromatic carbocycles. The zero-order chi connectivity index (χ0) is 21.8. The van der Waals surface area contributed by atoms with E-state index in [0.29, 0.717) is 26.4 Å². The van der Waals surface area contributed by atoms with Crippen molar-refractivity contribution in [3.63, 3.8) is 0 Å². The lowest BCUT2D eigenvalue weighted by Crippen LogP contribution is -2.36. The molecule has 0 bridgehead atoms. The first-order valence-corrected chi connectivity index (χ1v) is 10.4. The monoisotopic (exact) mass is 442 g/mol. The molecule has 3 rings (SSSR count). The molecule has 0 saturated carbocycles. The predicted octanol–water partition coefficient (Wildman–Crippen LogP) is 4.16. The van der Waals surface area contributed by atoms with Gasteiger partial charge in [0, 0.05) is 5.69 Å². The third-order valence-corrected chi connectivity index (χ3v) is 6.05. The van der Waals surface area contributed by atoms with Gasteiger partial charge in [-0.15, -0.1) is 0 Å². The number of methoxy groups -OCH3 is 2. The van der Waals surface area contributed by atoms with Crippen LogP contribution >= 0.6 is 24.0 Å². The minimum atomic E-state index is -0.304. The van der Waals surface area contributed by atoms with Gasteiger partial charge in [-0.25, -0.2) is 0 Å². The Hall–Kier alpha value is -2.84. The SMILES string of the molecule is COc1ccc(C=C2SC(=S)N(CC(=O)Nc3ccc(C)c(C)c3)C2=O)cc1OC. The van der Waals surface area contributed by atoms with Crippen LogP contribution in [0.2, 0.25) is 0 Å². The van der Waals surface area contributed by atoms with E-state index in [4.69, 9.17) is 21.7 Å². The summed E-state index contributed by atoms with van der Waals surface area (Å²) in [6.07, 6.45) is 1.72. The Morgan fingerprint density at radius 3 is 2.50 bits per heavy atom. The number of carbonyl (C=O) groups excluding carboxylic acids is 2. The van der Waals surface area contributed by atoms with E-state index in [2.05, 4.69) is 5.32 Å². The highest BCUT2D eigenvalue weighted by atomic mass is 32.2. The zero-order valence-electron chi connectivity index (χ0n) is 17.1. The number of nitrogens with one attached hydrogen (secondary N) is 1. The maximum atomic E-state index is 12.8. The molecule has 0 unspecified atom stereocenters. The Morgan fingerprint density at radius 1 is 1.10 bits per heavy atom. The van der Waals surface area contributed by atoms with Gasteiger partial charge in [0.05, 0.1) is 19.1 Å². The Bertz CT molecular complexity index is 1050. The van der Waals surface area contributed by atoms with Crippen LogP contribution in [0.4, 0.5) is 5.69 Å². The fraction of sp³-hybridized carbons (Fsp3) is 0.227. The lowest BCUT2D eigenvalue weighted by atomic mass is 10.1. The van der Waals surface area contributed by atoms with Crippen LogP contribution in [0.3, 0.4) is 0 Å². The maximum absolute atomic E-state index is 12.8. The molecular weight excluding hydrogens is 420 g/mol. The van der Waals surface area contributed by atoms with Crippen LogP contribution in [0.15, 0.2) is 41.3 Å². The molecule has 2 amide bonds. The number of anilines is 1. The van der Waals surface area contributed by atoms with Crippen molar-refractivity contribution in [2.24, 2.45) is 0 Å². The van der Waals surface area contributed by atoms with E-state index in [1.807, 2.05) is 38.1 Å². The van der Waals surface area contributed by atoms with Gasteiger partial charge in [0.1, 0.15) is 10.9 Å². The van der Waals surface area contributed by atoms with E-state index in [1.54, 1.807) is 32.4 Å². The summed E-state index contributed by atoms with van der Waals surface area (Å²) in [5.41, 5.74) is 3.68. The minimum Gasteiger partial charge on any atom is -0.493 e. The molecule has 0 atom stereocenters. The highest BCUT2D eigenvalue weighted by Crippen LogP contribution is 2.34. The fourth-order valence-corrected chi connectivity index (χ4v) is 4.15. The number of carbonyl (C=O) groups is 2. The second-order valence-corrected chi connectivity index (χ2v) is 8.41. The van der Waals surface area contributed by atoms with Crippen molar-refractivity contribution >= 4 is 51.9 Å². The van der Waals surface area contributed by atoms with Crippen molar-refractivity contribution in [1.82, 2.24) is 4.90 Å². The average Bonchev–Trinajstić information content (AvgIpc) is 2.98. The summed E-state index contributed by atoms with van der Waals surface area (Å²) < 4.78 is 10.9. The number of hydrogen-bond donors (Lipinski definition) is 1. The molecular formula is C22H22N2O4S2. The van der Waals surface area contributed by atoms with E-state index >= 15 is 0 Å². The summed E-state index contributed by atoms with van der Waals surface area (Å²) in [5, 5.41) is 2.82. The third kappa shape index (κ3) is 4.83. The Balaban J connectivity index is 1.72. The summed E-state index contributed by atoms with van der Waals surface area (Å²) in [4.78, 5) is 27.0. The van der Waals surface area contributed by atoms with Crippen molar-refractivity contribution in [2.75, 3.05) is 26.1 Å². The number of aryl methyl sites for hydroxylation is 2. The predicted molar refractivity (Wildman–Crippen MR) is 124 cm³/mol. The number of thiocarbonyl (C=S) groups is 1. The van der Waals surface area contributed by atoms with E-state index < -0.39 is 0 Å². The van der Waals surface area contributed by atoms with Crippen molar-refractivity contribution in [1.29, 1.82) is 0 Å². The number of nitrogens with zero attached hydrogens (tertiary/aromatic N) is 1. The lowest BCUT2D eigenvalue weighted by molar-refractivity contribution is -0.126. The van der Waals surface area contributed by atoms with Crippen LogP contribution in [-0.4, -0.2) is 41.8 Å². The van der Waals surface area contributed by atoms with Gasteiger partial charge in [0.2, 0.25) is 5.91 Å². The molecule has 6 nitrogen and oxygen atoms in total. The van der Waals surface area contributed by atoms with Gasteiger partial charge in [0.15, 0.2) is 11.5 Å². The molecule has 1 aliphatic heterocycles. The normalized spacial score (nSPS) is 14.9. The summed E-state index contributed by atoms with van der Waals surface area (Å²) in [6, 6.07) is 11.0. The minimum absolute atomic E-state index is 0.138. The van der Waals surface area contributed by atoms with Gasteiger partial charge in [-0.05, 0) is 60.9 Å². The highest BCUT2D eigenvalue weighted by molar-refractivity contribution is 8.26. The lowest BCUT2D eigenvalue weighted by Gasteiger charge is -2.14. The van der Waals surface area contributed by atoms with Gasteiger partial charge in [-0.3, -0.25) is 14.5 Å². The molecule has 1 heterocycles. The second-order valence-electron chi connectivity index (χ2n) is 6.73. The van der Waals surface area contributed by atoms with Crippen LogP contribution < -0.4 is 14.8 Å². The molecule has 156 valence electrons. The van der Waals surface area contributed by atoms with Gasteiger partial charge < -0.3 is 14.8 Å². The molecule has 0 spiro atoms. The number of thioether (sulfide) groups is 1. The van der Waals surface area contributed by atoms with Crippen LogP contribution in [0, 0.1) is 13.8 Å². The summed E-state index contributed by atoms with van der Waals surface area (Å²) in [5.74, 6) is 0.566. The molecule has 1 N–H and O–H groups in total. The summed E-state index contributed by atoms with van der Waals surface area (Å²) >= 11 is 6.49. The summed E-state index contributed by atoms with van der Waals surface area (Å²) in [7, 11) is 3.11. The third-order valence-electron chi connectivity index (χ3n) is 4.67. The largest absolute Gasteiger partial charge is 0.493 e. The number of amides is 2. The average molecular weight is 443 g/mol. The van der Waals surface area contributed by atoms with Crippen LogP contribution in [0.25, 0.3) is 6.08 Å². The maximum Gasteiger partial charge on any atom is 0.266 e. The van der Waals surface area contributed by atoms with Gasteiger partial charge >= 0.3 is 0 Å². The quantitative estimate of drug-likeness (QED) is 0.535. The molecule has 1 fully saturated rings. The first kappa shape index (κ1) is 21.9. The van der Waals surface area contributed by atoms with Gasteiger partial charge in [-0.2, -0.15) is 0 Å². The molecule has 30 heavy (non-hydrogen) atoms. The topological polar surface area (TPSA) is 67.9 Å². The smallest absolute Gasteiger partial charge is 0.266 e. The second kappa shape index (κ2) is 9.32. The van der Waals surface area contributed by atoms with Crippen LogP contribution in [0.1, 0.15) is 16.7 Å². The standard InChI is InChI=1S/C22H22N2O4S2/c1-13-5-7-16(9-14(13)2)23-20(25)12-24-21(26)19(30-22(24)29)11-15-6-8-17(27-3)18(10-15)28-4/h5-11H,12H2,1-4H3,(H,23,25). The van der Waals surface area contributed by atoms with E-state index in [-0.39, 0.29) is 18.4 Å². The van der Waals surface area contributed by atoms with E-state index in [1.165, 1.54) is 16.7 Å². The van der Waals surface area contributed by atoms with E-state index in [9.17, 15) is 9.59 Å². The van der Waals surface area contributed by atoms with E-state index in [0.717, 1.165) is 16.7 Å². The number of rotatable bonds is 6. The molecule has 2 aromatic rings.